The first-order valence-corrected chi connectivity index (χ1v) is 8.15. The molecule has 1 N–H and O–H groups in total. The molecule has 0 fully saturated rings. The highest BCUT2D eigenvalue weighted by Crippen LogP contribution is 2.24. The van der Waals surface area contributed by atoms with Gasteiger partial charge in [-0.3, -0.25) is 4.79 Å². The van der Waals surface area contributed by atoms with E-state index in [2.05, 4.69) is 10.1 Å². The number of hydrogen-bond acceptors (Lipinski definition) is 3. The van der Waals surface area contributed by atoms with Crippen LogP contribution in [0.1, 0.15) is 18.4 Å². The Morgan fingerprint density at radius 3 is 2.38 bits per heavy atom. The number of nitrogens with one attached hydrogen (secondary N) is 1. The Balaban J connectivity index is 1.72. The number of anilines is 1. The Hall–Kier alpha value is -2.41. The van der Waals surface area contributed by atoms with Gasteiger partial charge in [0, 0.05) is 17.1 Å². The first-order chi connectivity index (χ1) is 12.2. The Morgan fingerprint density at radius 2 is 1.77 bits per heavy atom. The second kappa shape index (κ2) is 8.80. The van der Waals surface area contributed by atoms with E-state index in [1.54, 1.807) is 12.1 Å². The van der Waals surface area contributed by atoms with Crippen molar-refractivity contribution < 1.29 is 27.4 Å². The molecule has 0 unspecified atom stereocenters. The molecule has 1 amide bonds. The number of carbonyl (C=O) groups is 1. The molecule has 8 heteroatoms. The molecule has 0 saturated heterocycles. The van der Waals surface area contributed by atoms with Crippen LogP contribution in [-0.2, 0) is 4.79 Å². The minimum absolute atomic E-state index is 0.216. The molecular formula is C18H17ClF3NO3. The van der Waals surface area contributed by atoms with Crippen LogP contribution in [0, 0.1) is 6.92 Å². The van der Waals surface area contributed by atoms with Crippen LogP contribution in [-0.4, -0.2) is 18.9 Å². The van der Waals surface area contributed by atoms with E-state index in [-0.39, 0.29) is 18.1 Å². The molecule has 140 valence electrons. The van der Waals surface area contributed by atoms with Gasteiger partial charge in [0.2, 0.25) is 5.91 Å². The fourth-order valence-electron chi connectivity index (χ4n) is 2.09. The maximum absolute atomic E-state index is 12.1. The smallest absolute Gasteiger partial charge is 0.494 e. The van der Waals surface area contributed by atoms with Crippen molar-refractivity contribution in [3.05, 3.63) is 53.1 Å². The Labute approximate surface area is 153 Å². The summed E-state index contributed by atoms with van der Waals surface area (Å²) in [6.45, 7) is 2.22. The van der Waals surface area contributed by atoms with Crippen LogP contribution in [0.5, 0.6) is 11.5 Å². The monoisotopic (exact) mass is 387 g/mol. The van der Waals surface area contributed by atoms with Gasteiger partial charge in [-0.2, -0.15) is 0 Å². The molecule has 0 aromatic heterocycles. The number of alkyl halides is 3. The molecule has 0 aliphatic carbocycles. The highest BCUT2D eigenvalue weighted by Gasteiger charge is 2.30. The zero-order valence-corrected chi connectivity index (χ0v) is 14.7. The molecule has 26 heavy (non-hydrogen) atoms. The normalized spacial score (nSPS) is 11.1. The van der Waals surface area contributed by atoms with Gasteiger partial charge in [-0.1, -0.05) is 11.6 Å². The maximum Gasteiger partial charge on any atom is 0.573 e. The van der Waals surface area contributed by atoms with Crippen LogP contribution in [0.25, 0.3) is 0 Å². The fraction of sp³-hybridized carbons (Fsp3) is 0.278. The summed E-state index contributed by atoms with van der Waals surface area (Å²) >= 11 is 5.93. The van der Waals surface area contributed by atoms with Gasteiger partial charge in [0.1, 0.15) is 11.5 Å². The van der Waals surface area contributed by atoms with Gasteiger partial charge < -0.3 is 14.8 Å². The molecule has 0 aliphatic rings. The van der Waals surface area contributed by atoms with E-state index < -0.39 is 6.36 Å². The van der Waals surface area contributed by atoms with E-state index in [0.717, 1.165) is 17.7 Å². The number of aryl methyl sites for hydroxylation is 1. The molecule has 2 aromatic rings. The molecule has 0 bridgehead atoms. The fourth-order valence-corrected chi connectivity index (χ4v) is 2.21. The second-order valence-electron chi connectivity index (χ2n) is 5.48. The van der Waals surface area contributed by atoms with Crippen LogP contribution in [0.3, 0.4) is 0 Å². The van der Waals surface area contributed by atoms with Gasteiger partial charge in [-0.15, -0.1) is 13.2 Å². The Bertz CT molecular complexity index is 748. The quantitative estimate of drug-likeness (QED) is 0.652. The van der Waals surface area contributed by atoms with Crippen LogP contribution < -0.4 is 14.8 Å². The topological polar surface area (TPSA) is 47.6 Å². The van der Waals surface area contributed by atoms with Crippen molar-refractivity contribution in [2.24, 2.45) is 0 Å². The average molecular weight is 388 g/mol. The van der Waals surface area contributed by atoms with Crippen molar-refractivity contribution in [3.63, 3.8) is 0 Å². The van der Waals surface area contributed by atoms with E-state index in [0.29, 0.717) is 29.5 Å². The van der Waals surface area contributed by atoms with E-state index in [1.165, 1.54) is 12.1 Å². The average Bonchev–Trinajstić information content (AvgIpc) is 2.55. The predicted octanol–water partition coefficient (Wildman–Crippen LogP) is 5.34. The molecular weight excluding hydrogens is 371 g/mol. The number of ether oxygens (including phenoxy) is 2. The summed E-state index contributed by atoms with van der Waals surface area (Å²) in [5, 5.41) is 3.25. The minimum atomic E-state index is -4.74. The summed E-state index contributed by atoms with van der Waals surface area (Å²) in [5.74, 6) is 0.0695. The Kier molecular flexibility index (Phi) is 6.74. The molecule has 0 spiro atoms. The third-order valence-corrected chi connectivity index (χ3v) is 3.74. The van der Waals surface area contributed by atoms with Gasteiger partial charge >= 0.3 is 6.36 Å². The van der Waals surface area contributed by atoms with Gasteiger partial charge in [-0.05, 0) is 61.4 Å². The van der Waals surface area contributed by atoms with Crippen LogP contribution in [0.2, 0.25) is 5.02 Å². The zero-order valence-electron chi connectivity index (χ0n) is 13.9. The third-order valence-electron chi connectivity index (χ3n) is 3.32. The van der Waals surface area contributed by atoms with Crippen molar-refractivity contribution in [2.75, 3.05) is 11.9 Å². The number of carbonyl (C=O) groups excluding carboxylic acids is 1. The lowest BCUT2D eigenvalue weighted by Crippen LogP contribution is -2.17. The molecule has 0 radical (unpaired) electrons. The zero-order chi connectivity index (χ0) is 19.2. The molecule has 2 aromatic carbocycles. The Morgan fingerprint density at radius 1 is 1.12 bits per heavy atom. The summed E-state index contributed by atoms with van der Waals surface area (Å²) in [4.78, 5) is 11.8. The van der Waals surface area contributed by atoms with Gasteiger partial charge in [-0.25, -0.2) is 0 Å². The van der Waals surface area contributed by atoms with Crippen LogP contribution in [0.15, 0.2) is 42.5 Å². The summed E-state index contributed by atoms with van der Waals surface area (Å²) in [6, 6.07) is 10.3. The van der Waals surface area contributed by atoms with Crippen molar-refractivity contribution in [1.82, 2.24) is 0 Å². The second-order valence-corrected chi connectivity index (χ2v) is 5.89. The molecule has 0 aliphatic heterocycles. The minimum Gasteiger partial charge on any atom is -0.494 e. The van der Waals surface area contributed by atoms with Gasteiger partial charge in [0.05, 0.1) is 6.61 Å². The molecule has 0 heterocycles. The van der Waals surface area contributed by atoms with Crippen LogP contribution in [0.4, 0.5) is 18.9 Å². The highest BCUT2D eigenvalue weighted by atomic mass is 35.5. The largest absolute Gasteiger partial charge is 0.573 e. The lowest BCUT2D eigenvalue weighted by atomic mass is 10.2. The van der Waals surface area contributed by atoms with Crippen molar-refractivity contribution in [2.45, 2.75) is 26.1 Å². The number of rotatable bonds is 7. The molecule has 0 saturated carbocycles. The number of benzene rings is 2. The first kappa shape index (κ1) is 19.9. The summed E-state index contributed by atoms with van der Waals surface area (Å²) < 4.78 is 45.5. The lowest BCUT2D eigenvalue weighted by Gasteiger charge is -2.10. The van der Waals surface area contributed by atoms with Crippen molar-refractivity contribution in [3.8, 4) is 11.5 Å². The number of amides is 1. The SMILES string of the molecule is Cc1cc(OCCCC(=O)Nc2ccc(OC(F)(F)F)cc2)ccc1Cl. The summed E-state index contributed by atoms with van der Waals surface area (Å²) in [7, 11) is 0. The predicted molar refractivity (Wildman–Crippen MR) is 92.7 cm³/mol. The maximum atomic E-state index is 12.1. The molecule has 0 atom stereocenters. The third kappa shape index (κ3) is 6.84. The summed E-state index contributed by atoms with van der Waals surface area (Å²) in [6.07, 6.45) is -4.04. The van der Waals surface area contributed by atoms with Crippen LogP contribution >= 0.6 is 11.6 Å². The van der Waals surface area contributed by atoms with Gasteiger partial charge in [0.25, 0.3) is 0 Å². The van der Waals surface area contributed by atoms with Crippen molar-refractivity contribution >= 4 is 23.2 Å². The van der Waals surface area contributed by atoms with E-state index in [4.69, 9.17) is 16.3 Å². The molecule has 2 rings (SSSR count). The van der Waals surface area contributed by atoms with Crippen molar-refractivity contribution in [1.29, 1.82) is 0 Å². The number of halogens is 4. The lowest BCUT2D eigenvalue weighted by molar-refractivity contribution is -0.274. The summed E-state index contributed by atoms with van der Waals surface area (Å²) in [5.41, 5.74) is 1.29. The highest BCUT2D eigenvalue weighted by molar-refractivity contribution is 6.31. The first-order valence-electron chi connectivity index (χ1n) is 7.77. The van der Waals surface area contributed by atoms with E-state index in [1.807, 2.05) is 13.0 Å². The van der Waals surface area contributed by atoms with Gasteiger partial charge in [0.15, 0.2) is 0 Å². The number of hydrogen-bond donors (Lipinski definition) is 1. The standard InChI is InChI=1S/C18H17ClF3NO3/c1-12-11-15(8-9-16(12)19)25-10-2-3-17(24)23-13-4-6-14(7-5-13)26-18(20,21)22/h4-9,11H,2-3,10H2,1H3,(H,23,24). The van der Waals surface area contributed by atoms with E-state index in [9.17, 15) is 18.0 Å². The molecule has 4 nitrogen and oxygen atoms in total. The van der Waals surface area contributed by atoms with E-state index >= 15 is 0 Å².